The van der Waals surface area contributed by atoms with Crippen molar-refractivity contribution in [3.63, 3.8) is 0 Å². The molecule has 5 nitrogen and oxygen atoms in total. The zero-order valence-corrected chi connectivity index (χ0v) is 14.0. The Labute approximate surface area is 132 Å². The van der Waals surface area contributed by atoms with E-state index < -0.39 is 18.0 Å². The maximum atomic E-state index is 12.1. The third kappa shape index (κ3) is 5.06. The van der Waals surface area contributed by atoms with Gasteiger partial charge in [0.25, 0.3) is 0 Å². The summed E-state index contributed by atoms with van der Waals surface area (Å²) in [7, 11) is 1.32. The highest BCUT2D eigenvalue weighted by molar-refractivity contribution is 5.92. The summed E-state index contributed by atoms with van der Waals surface area (Å²) in [6.45, 7) is 8.09. The van der Waals surface area contributed by atoms with Crippen LogP contribution in [0.15, 0.2) is 24.3 Å². The van der Waals surface area contributed by atoms with Crippen molar-refractivity contribution in [2.24, 2.45) is 5.92 Å². The molecule has 0 aromatic heterocycles. The molecule has 0 aliphatic rings. The number of ether oxygens (including phenoxy) is 1. The van der Waals surface area contributed by atoms with Crippen molar-refractivity contribution in [2.75, 3.05) is 12.4 Å². The molecule has 2 N–H and O–H groups in total. The van der Waals surface area contributed by atoms with Crippen LogP contribution in [0.3, 0.4) is 0 Å². The molecule has 22 heavy (non-hydrogen) atoms. The standard InChI is InChI=1S/C17H26N2O3/c1-6-12(4)15(16(20)22-5)19-17(21)18-14-9-7-13(8-10-14)11(2)3/h7-12,15H,6H2,1-5H3,(H2,18,19,21)/t12-,15+/m0/s1. The fraction of sp³-hybridized carbons (Fsp3) is 0.529. The van der Waals surface area contributed by atoms with Gasteiger partial charge in [-0.1, -0.05) is 46.2 Å². The van der Waals surface area contributed by atoms with Crippen LogP contribution in [0, 0.1) is 5.92 Å². The zero-order chi connectivity index (χ0) is 16.7. The van der Waals surface area contributed by atoms with Crippen LogP contribution in [0.25, 0.3) is 0 Å². The predicted molar refractivity (Wildman–Crippen MR) is 87.9 cm³/mol. The number of urea groups is 1. The Morgan fingerprint density at radius 1 is 1.14 bits per heavy atom. The third-order valence-corrected chi connectivity index (χ3v) is 3.79. The van der Waals surface area contributed by atoms with E-state index in [1.54, 1.807) is 0 Å². The fourth-order valence-electron chi connectivity index (χ4n) is 2.06. The van der Waals surface area contributed by atoms with E-state index in [9.17, 15) is 9.59 Å². The molecule has 0 aliphatic heterocycles. The Balaban J connectivity index is 2.68. The van der Waals surface area contributed by atoms with Crippen LogP contribution < -0.4 is 10.6 Å². The molecule has 1 rings (SSSR count). The Morgan fingerprint density at radius 3 is 2.18 bits per heavy atom. The molecular weight excluding hydrogens is 280 g/mol. The number of benzene rings is 1. The van der Waals surface area contributed by atoms with Crippen molar-refractivity contribution in [3.05, 3.63) is 29.8 Å². The van der Waals surface area contributed by atoms with Gasteiger partial charge >= 0.3 is 12.0 Å². The Hall–Kier alpha value is -2.04. The van der Waals surface area contributed by atoms with E-state index in [-0.39, 0.29) is 5.92 Å². The van der Waals surface area contributed by atoms with Gasteiger partial charge < -0.3 is 15.4 Å². The molecule has 5 heteroatoms. The second-order valence-corrected chi connectivity index (χ2v) is 5.76. The quantitative estimate of drug-likeness (QED) is 0.790. The van der Waals surface area contributed by atoms with Crippen molar-refractivity contribution < 1.29 is 14.3 Å². The summed E-state index contributed by atoms with van der Waals surface area (Å²) in [6, 6.07) is 6.61. The summed E-state index contributed by atoms with van der Waals surface area (Å²) < 4.78 is 4.75. The molecule has 0 spiro atoms. The Morgan fingerprint density at radius 2 is 1.73 bits per heavy atom. The van der Waals surface area contributed by atoms with Crippen molar-refractivity contribution in [1.29, 1.82) is 0 Å². The highest BCUT2D eigenvalue weighted by atomic mass is 16.5. The molecule has 0 fully saturated rings. The first-order valence-electron chi connectivity index (χ1n) is 7.64. The lowest BCUT2D eigenvalue weighted by Crippen LogP contribution is -2.47. The van der Waals surface area contributed by atoms with Gasteiger partial charge in [-0.05, 0) is 29.5 Å². The van der Waals surface area contributed by atoms with Crippen molar-refractivity contribution in [1.82, 2.24) is 5.32 Å². The van der Waals surface area contributed by atoms with Crippen LogP contribution in [0.4, 0.5) is 10.5 Å². The van der Waals surface area contributed by atoms with Crippen molar-refractivity contribution in [2.45, 2.75) is 46.1 Å². The largest absolute Gasteiger partial charge is 0.467 e. The van der Waals surface area contributed by atoms with E-state index in [0.29, 0.717) is 11.6 Å². The first-order chi connectivity index (χ1) is 10.4. The summed E-state index contributed by atoms with van der Waals surface area (Å²) >= 11 is 0. The van der Waals surface area contributed by atoms with E-state index in [2.05, 4.69) is 24.5 Å². The van der Waals surface area contributed by atoms with Gasteiger partial charge in [0.05, 0.1) is 7.11 Å². The highest BCUT2D eigenvalue weighted by Gasteiger charge is 2.26. The van der Waals surface area contributed by atoms with Gasteiger partial charge in [0, 0.05) is 5.69 Å². The smallest absolute Gasteiger partial charge is 0.328 e. The minimum absolute atomic E-state index is 0.00140. The molecule has 1 aromatic rings. The Kier molecular flexibility index (Phi) is 6.89. The predicted octanol–water partition coefficient (Wildman–Crippen LogP) is 3.52. The monoisotopic (exact) mass is 306 g/mol. The summed E-state index contributed by atoms with van der Waals surface area (Å²) in [5, 5.41) is 5.42. The van der Waals surface area contributed by atoms with E-state index in [4.69, 9.17) is 4.74 Å². The second-order valence-electron chi connectivity index (χ2n) is 5.76. The normalized spacial score (nSPS) is 13.4. The van der Waals surface area contributed by atoms with Gasteiger partial charge in [-0.15, -0.1) is 0 Å². The summed E-state index contributed by atoms with van der Waals surface area (Å²) in [5.74, 6) is 0.0122. The average molecular weight is 306 g/mol. The van der Waals surface area contributed by atoms with Gasteiger partial charge in [-0.25, -0.2) is 9.59 Å². The number of hydrogen-bond acceptors (Lipinski definition) is 3. The molecule has 0 unspecified atom stereocenters. The summed E-state index contributed by atoms with van der Waals surface area (Å²) in [4.78, 5) is 23.8. The lowest BCUT2D eigenvalue weighted by Gasteiger charge is -2.22. The van der Waals surface area contributed by atoms with Gasteiger partial charge in [0.15, 0.2) is 0 Å². The van der Waals surface area contributed by atoms with Crippen LogP contribution in [-0.4, -0.2) is 25.2 Å². The molecule has 0 saturated heterocycles. The summed E-state index contributed by atoms with van der Waals surface area (Å²) in [5.41, 5.74) is 1.90. The minimum Gasteiger partial charge on any atom is -0.467 e. The van der Waals surface area contributed by atoms with Crippen molar-refractivity contribution >= 4 is 17.7 Å². The second kappa shape index (κ2) is 8.41. The van der Waals surface area contributed by atoms with E-state index >= 15 is 0 Å². The SMILES string of the molecule is CC[C@H](C)[C@@H](NC(=O)Nc1ccc(C(C)C)cc1)C(=O)OC. The molecule has 122 valence electrons. The molecular formula is C17H26N2O3. The van der Waals surface area contributed by atoms with Gasteiger partial charge in [0.2, 0.25) is 0 Å². The van der Waals surface area contributed by atoms with Gasteiger partial charge in [0.1, 0.15) is 6.04 Å². The van der Waals surface area contributed by atoms with Crippen LogP contribution in [0.5, 0.6) is 0 Å². The Bertz CT molecular complexity index is 497. The third-order valence-electron chi connectivity index (χ3n) is 3.79. The van der Waals surface area contributed by atoms with Gasteiger partial charge in [-0.3, -0.25) is 0 Å². The first-order valence-corrected chi connectivity index (χ1v) is 7.64. The van der Waals surface area contributed by atoms with Crippen LogP contribution >= 0.6 is 0 Å². The molecule has 0 aliphatic carbocycles. The average Bonchev–Trinajstić information content (AvgIpc) is 2.51. The number of methoxy groups -OCH3 is 1. The molecule has 1 aromatic carbocycles. The topological polar surface area (TPSA) is 67.4 Å². The molecule has 0 saturated carbocycles. The maximum absolute atomic E-state index is 12.1. The highest BCUT2D eigenvalue weighted by Crippen LogP contribution is 2.17. The number of anilines is 1. The van der Waals surface area contributed by atoms with E-state index in [1.807, 2.05) is 38.1 Å². The molecule has 0 radical (unpaired) electrons. The lowest BCUT2D eigenvalue weighted by molar-refractivity contribution is -0.144. The zero-order valence-electron chi connectivity index (χ0n) is 14.0. The van der Waals surface area contributed by atoms with Crippen LogP contribution in [-0.2, 0) is 9.53 Å². The fourth-order valence-corrected chi connectivity index (χ4v) is 2.06. The van der Waals surface area contributed by atoms with E-state index in [1.165, 1.54) is 12.7 Å². The minimum atomic E-state index is -0.648. The first kappa shape index (κ1) is 18.0. The number of carbonyl (C=O) groups excluding carboxylic acids is 2. The molecule has 2 amide bonds. The number of hydrogen-bond donors (Lipinski definition) is 2. The van der Waals surface area contributed by atoms with E-state index in [0.717, 1.165) is 6.42 Å². The number of nitrogens with one attached hydrogen (secondary N) is 2. The van der Waals surface area contributed by atoms with Crippen LogP contribution in [0.1, 0.15) is 45.6 Å². The lowest BCUT2D eigenvalue weighted by atomic mass is 9.99. The molecule has 2 atom stereocenters. The number of rotatable bonds is 6. The van der Waals surface area contributed by atoms with Crippen LogP contribution in [0.2, 0.25) is 0 Å². The van der Waals surface area contributed by atoms with Gasteiger partial charge in [-0.2, -0.15) is 0 Å². The molecule has 0 bridgehead atoms. The maximum Gasteiger partial charge on any atom is 0.328 e. The molecule has 0 heterocycles. The van der Waals surface area contributed by atoms with Crippen molar-refractivity contribution in [3.8, 4) is 0 Å². The number of esters is 1. The number of carbonyl (C=O) groups is 2. The number of amides is 2. The summed E-state index contributed by atoms with van der Waals surface area (Å²) in [6.07, 6.45) is 0.767.